The number of nitrogens with two attached hydrogens (primary N) is 1. The van der Waals surface area contributed by atoms with Crippen molar-refractivity contribution in [1.82, 2.24) is 9.97 Å². The van der Waals surface area contributed by atoms with Crippen molar-refractivity contribution in [2.24, 2.45) is 0 Å². The molecule has 0 aliphatic heterocycles. The number of carbonyl (C=O) groups is 1. The Morgan fingerprint density at radius 2 is 2.11 bits per heavy atom. The van der Waals surface area contributed by atoms with Crippen LogP contribution >= 0.6 is 0 Å². The molecule has 0 saturated carbocycles. The third-order valence-electron chi connectivity index (χ3n) is 3.20. The third-order valence-corrected chi connectivity index (χ3v) is 3.20. The van der Waals surface area contributed by atoms with Crippen molar-refractivity contribution >= 4 is 22.5 Å². The van der Waals surface area contributed by atoms with Crippen molar-refractivity contribution in [3.05, 3.63) is 59.4 Å². The van der Waals surface area contributed by atoms with Crippen LogP contribution in [0.4, 0.5) is 5.69 Å². The van der Waals surface area contributed by atoms with Crippen LogP contribution < -0.4 is 5.73 Å². The first-order valence-corrected chi connectivity index (χ1v) is 6.00. The van der Waals surface area contributed by atoms with Crippen LogP contribution in [0.3, 0.4) is 0 Å². The van der Waals surface area contributed by atoms with E-state index in [1.807, 2.05) is 25.1 Å². The summed E-state index contributed by atoms with van der Waals surface area (Å²) in [6.07, 6.45) is 3.39. The van der Waals surface area contributed by atoms with Gasteiger partial charge in [0.1, 0.15) is 5.65 Å². The van der Waals surface area contributed by atoms with Crippen molar-refractivity contribution in [1.29, 1.82) is 0 Å². The van der Waals surface area contributed by atoms with Crippen LogP contribution in [0.5, 0.6) is 0 Å². The maximum Gasteiger partial charge on any atom is 0.195 e. The Morgan fingerprint density at radius 3 is 2.95 bits per heavy atom. The molecular formula is C15H13N3O. The maximum atomic E-state index is 12.6. The minimum Gasteiger partial charge on any atom is -0.399 e. The van der Waals surface area contributed by atoms with Crippen LogP contribution in [0.25, 0.3) is 11.0 Å². The van der Waals surface area contributed by atoms with Gasteiger partial charge >= 0.3 is 0 Å². The van der Waals surface area contributed by atoms with Gasteiger partial charge in [0.25, 0.3) is 0 Å². The Morgan fingerprint density at radius 1 is 1.26 bits per heavy atom. The number of hydrogen-bond acceptors (Lipinski definition) is 3. The topological polar surface area (TPSA) is 71.8 Å². The zero-order valence-corrected chi connectivity index (χ0v) is 10.5. The number of nitrogens with zero attached hydrogens (tertiary/aromatic N) is 1. The number of pyridine rings is 1. The highest BCUT2D eigenvalue weighted by atomic mass is 16.1. The molecule has 0 bridgehead atoms. The molecule has 3 rings (SSSR count). The lowest BCUT2D eigenvalue weighted by Gasteiger charge is -2.05. The standard InChI is InChI=1S/C15H13N3O/c1-9-4-5-10(16)7-12(9)14(19)13-8-18-15-11(13)3-2-6-17-15/h2-8H,16H2,1H3,(H,17,18). The number of benzene rings is 1. The van der Waals surface area contributed by atoms with E-state index >= 15 is 0 Å². The van der Waals surface area contributed by atoms with Gasteiger partial charge in [-0.25, -0.2) is 4.98 Å². The minimum absolute atomic E-state index is 0.0379. The summed E-state index contributed by atoms with van der Waals surface area (Å²) >= 11 is 0. The lowest BCUT2D eigenvalue weighted by molar-refractivity contribution is 0.104. The monoisotopic (exact) mass is 251 g/mol. The first kappa shape index (κ1) is 11.5. The molecule has 4 heteroatoms. The summed E-state index contributed by atoms with van der Waals surface area (Å²) in [6, 6.07) is 9.07. The molecule has 0 saturated heterocycles. The molecule has 3 aromatic rings. The fourth-order valence-corrected chi connectivity index (χ4v) is 2.17. The van der Waals surface area contributed by atoms with Gasteiger partial charge in [-0.1, -0.05) is 6.07 Å². The number of aromatic amines is 1. The van der Waals surface area contributed by atoms with Gasteiger partial charge in [0, 0.05) is 34.6 Å². The van der Waals surface area contributed by atoms with Gasteiger partial charge < -0.3 is 10.7 Å². The smallest absolute Gasteiger partial charge is 0.195 e. The minimum atomic E-state index is -0.0379. The highest BCUT2D eigenvalue weighted by molar-refractivity contribution is 6.16. The van der Waals surface area contributed by atoms with E-state index in [4.69, 9.17) is 5.73 Å². The number of nitrogen functional groups attached to an aromatic ring is 1. The van der Waals surface area contributed by atoms with Crippen molar-refractivity contribution < 1.29 is 4.79 Å². The quantitative estimate of drug-likeness (QED) is 0.543. The number of hydrogen-bond donors (Lipinski definition) is 2. The molecule has 19 heavy (non-hydrogen) atoms. The van der Waals surface area contributed by atoms with Gasteiger partial charge in [-0.3, -0.25) is 4.79 Å². The normalized spacial score (nSPS) is 10.8. The lowest BCUT2D eigenvalue weighted by atomic mass is 9.99. The maximum absolute atomic E-state index is 12.6. The van der Waals surface area contributed by atoms with Crippen molar-refractivity contribution in [2.45, 2.75) is 6.92 Å². The molecule has 0 fully saturated rings. The van der Waals surface area contributed by atoms with E-state index in [2.05, 4.69) is 9.97 Å². The molecule has 0 spiro atoms. The second kappa shape index (κ2) is 4.24. The average molecular weight is 251 g/mol. The fraction of sp³-hybridized carbons (Fsp3) is 0.0667. The van der Waals surface area contributed by atoms with E-state index in [-0.39, 0.29) is 5.78 Å². The molecular weight excluding hydrogens is 238 g/mol. The first-order chi connectivity index (χ1) is 9.16. The Bertz CT molecular complexity index is 774. The number of aryl methyl sites for hydroxylation is 1. The van der Waals surface area contributed by atoms with Gasteiger partial charge in [0.05, 0.1) is 0 Å². The second-order valence-electron chi connectivity index (χ2n) is 4.51. The van der Waals surface area contributed by atoms with Crippen LogP contribution in [0.2, 0.25) is 0 Å². The Kier molecular flexibility index (Phi) is 2.56. The zero-order chi connectivity index (χ0) is 13.4. The molecule has 3 N–H and O–H groups in total. The van der Waals surface area contributed by atoms with Crippen LogP contribution in [0.15, 0.2) is 42.7 Å². The Hall–Kier alpha value is -2.62. The molecule has 0 aliphatic rings. The summed E-state index contributed by atoms with van der Waals surface area (Å²) in [4.78, 5) is 19.8. The van der Waals surface area contributed by atoms with E-state index in [0.29, 0.717) is 22.5 Å². The second-order valence-corrected chi connectivity index (χ2v) is 4.51. The van der Waals surface area contributed by atoms with Crippen molar-refractivity contribution in [3.63, 3.8) is 0 Å². The van der Waals surface area contributed by atoms with Gasteiger partial charge in [0.15, 0.2) is 5.78 Å². The Labute approximate surface area is 110 Å². The zero-order valence-electron chi connectivity index (χ0n) is 10.5. The number of rotatable bonds is 2. The van der Waals surface area contributed by atoms with Crippen LogP contribution in [0, 0.1) is 6.92 Å². The van der Waals surface area contributed by atoms with Crippen molar-refractivity contribution in [3.8, 4) is 0 Å². The average Bonchev–Trinajstić information content (AvgIpc) is 2.84. The van der Waals surface area contributed by atoms with E-state index < -0.39 is 0 Å². The predicted octanol–water partition coefficient (Wildman–Crippen LogP) is 2.68. The molecule has 0 radical (unpaired) electrons. The molecule has 94 valence electrons. The summed E-state index contributed by atoms with van der Waals surface area (Å²) in [5.74, 6) is -0.0379. The Balaban J connectivity index is 2.16. The number of carbonyl (C=O) groups excluding carboxylic acids is 1. The van der Waals surface area contributed by atoms with Crippen molar-refractivity contribution in [2.75, 3.05) is 5.73 Å². The van der Waals surface area contributed by atoms with Crippen LogP contribution in [0.1, 0.15) is 21.5 Å². The summed E-state index contributed by atoms with van der Waals surface area (Å²) in [6.45, 7) is 1.90. The van der Waals surface area contributed by atoms with Crippen LogP contribution in [-0.2, 0) is 0 Å². The summed E-state index contributed by atoms with van der Waals surface area (Å²) < 4.78 is 0. The number of nitrogens with one attached hydrogen (secondary N) is 1. The summed E-state index contributed by atoms with van der Waals surface area (Å²) in [5.41, 5.74) is 9.23. The molecule has 2 aromatic heterocycles. The van der Waals surface area contributed by atoms with Gasteiger partial charge in [0.2, 0.25) is 0 Å². The van der Waals surface area contributed by atoms with Gasteiger partial charge in [-0.15, -0.1) is 0 Å². The lowest BCUT2D eigenvalue weighted by Crippen LogP contribution is -2.04. The summed E-state index contributed by atoms with van der Waals surface area (Å²) in [5, 5.41) is 0.828. The first-order valence-electron chi connectivity index (χ1n) is 6.00. The molecule has 0 amide bonds. The third kappa shape index (κ3) is 1.87. The number of H-pyrrole nitrogens is 1. The number of ketones is 1. The fourth-order valence-electron chi connectivity index (χ4n) is 2.17. The summed E-state index contributed by atoms with van der Waals surface area (Å²) in [7, 11) is 0. The van der Waals surface area contributed by atoms with E-state index in [1.54, 1.807) is 24.5 Å². The molecule has 4 nitrogen and oxygen atoms in total. The largest absolute Gasteiger partial charge is 0.399 e. The SMILES string of the molecule is Cc1ccc(N)cc1C(=O)c1c[nH]c2ncccc12. The highest BCUT2D eigenvalue weighted by Gasteiger charge is 2.16. The van der Waals surface area contributed by atoms with Gasteiger partial charge in [-0.2, -0.15) is 0 Å². The molecule has 0 atom stereocenters. The van der Waals surface area contributed by atoms with Crippen LogP contribution in [-0.4, -0.2) is 15.8 Å². The number of fused-ring (bicyclic) bond motifs is 1. The molecule has 0 unspecified atom stereocenters. The predicted molar refractivity (Wildman–Crippen MR) is 75.1 cm³/mol. The molecule has 2 heterocycles. The van der Waals surface area contributed by atoms with E-state index in [0.717, 1.165) is 10.9 Å². The number of aromatic nitrogens is 2. The van der Waals surface area contributed by atoms with E-state index in [9.17, 15) is 4.79 Å². The highest BCUT2D eigenvalue weighted by Crippen LogP contribution is 2.22. The van der Waals surface area contributed by atoms with E-state index in [1.165, 1.54) is 0 Å². The number of anilines is 1. The molecule has 0 aliphatic carbocycles. The molecule has 1 aromatic carbocycles. The van der Waals surface area contributed by atoms with Gasteiger partial charge in [-0.05, 0) is 36.8 Å².